The van der Waals surface area contributed by atoms with Crippen molar-refractivity contribution in [1.29, 1.82) is 0 Å². The number of aromatic nitrogens is 2. The summed E-state index contributed by atoms with van der Waals surface area (Å²) in [5, 5.41) is 4.05. The van der Waals surface area contributed by atoms with Gasteiger partial charge in [0.2, 0.25) is 5.13 Å². The van der Waals surface area contributed by atoms with Crippen molar-refractivity contribution in [3.63, 3.8) is 0 Å². The SMILES string of the molecule is CCc1nsc(NCCOc2ccccc2)n1. The summed E-state index contributed by atoms with van der Waals surface area (Å²) in [6.07, 6.45) is 0.874. The smallest absolute Gasteiger partial charge is 0.202 e. The van der Waals surface area contributed by atoms with Gasteiger partial charge in [-0.25, -0.2) is 4.98 Å². The first kappa shape index (κ1) is 11.9. The van der Waals surface area contributed by atoms with Gasteiger partial charge in [-0.3, -0.25) is 0 Å². The van der Waals surface area contributed by atoms with Crippen LogP contribution in [0.4, 0.5) is 5.13 Å². The summed E-state index contributed by atoms with van der Waals surface area (Å²) < 4.78 is 9.75. The number of anilines is 1. The number of para-hydroxylation sites is 1. The van der Waals surface area contributed by atoms with E-state index < -0.39 is 0 Å². The number of hydrogen-bond acceptors (Lipinski definition) is 5. The highest BCUT2D eigenvalue weighted by Crippen LogP contribution is 2.11. The zero-order chi connectivity index (χ0) is 11.9. The van der Waals surface area contributed by atoms with E-state index in [9.17, 15) is 0 Å². The molecule has 0 fully saturated rings. The molecule has 0 aliphatic carbocycles. The van der Waals surface area contributed by atoms with Gasteiger partial charge in [-0.2, -0.15) is 4.37 Å². The summed E-state index contributed by atoms with van der Waals surface area (Å²) in [7, 11) is 0. The predicted molar refractivity (Wildman–Crippen MR) is 69.7 cm³/mol. The minimum absolute atomic E-state index is 0.616. The van der Waals surface area contributed by atoms with Crippen LogP contribution in [0, 0.1) is 0 Å². The van der Waals surface area contributed by atoms with Crippen molar-refractivity contribution in [2.75, 3.05) is 18.5 Å². The van der Waals surface area contributed by atoms with Gasteiger partial charge in [0.15, 0.2) is 0 Å². The predicted octanol–water partition coefficient (Wildman–Crippen LogP) is 2.59. The zero-order valence-electron chi connectivity index (χ0n) is 9.72. The lowest BCUT2D eigenvalue weighted by molar-refractivity contribution is 0.333. The van der Waals surface area contributed by atoms with Crippen LogP contribution in [-0.4, -0.2) is 22.5 Å². The molecule has 90 valence electrons. The maximum absolute atomic E-state index is 5.55. The van der Waals surface area contributed by atoms with Crippen LogP contribution in [0.25, 0.3) is 0 Å². The molecule has 4 nitrogen and oxygen atoms in total. The summed E-state index contributed by atoms with van der Waals surface area (Å²) in [6, 6.07) is 9.78. The van der Waals surface area contributed by atoms with E-state index in [0.29, 0.717) is 6.61 Å². The molecule has 0 unspecified atom stereocenters. The molecule has 1 heterocycles. The van der Waals surface area contributed by atoms with Crippen LogP contribution in [0.3, 0.4) is 0 Å². The number of hydrogen-bond donors (Lipinski definition) is 1. The van der Waals surface area contributed by atoms with Gasteiger partial charge in [-0.15, -0.1) is 0 Å². The van der Waals surface area contributed by atoms with Crippen LogP contribution in [0.1, 0.15) is 12.7 Å². The molecule has 1 N–H and O–H groups in total. The first-order chi connectivity index (χ1) is 8.38. The van der Waals surface area contributed by atoms with Gasteiger partial charge in [0.1, 0.15) is 18.2 Å². The third-order valence-electron chi connectivity index (χ3n) is 2.17. The lowest BCUT2D eigenvalue weighted by atomic mass is 10.3. The topological polar surface area (TPSA) is 47.0 Å². The van der Waals surface area contributed by atoms with Crippen molar-refractivity contribution in [3.05, 3.63) is 36.2 Å². The third kappa shape index (κ3) is 3.71. The van der Waals surface area contributed by atoms with E-state index in [1.54, 1.807) is 0 Å². The second-order valence-electron chi connectivity index (χ2n) is 3.46. The van der Waals surface area contributed by atoms with Gasteiger partial charge >= 0.3 is 0 Å². The molecule has 0 aliphatic rings. The first-order valence-corrected chi connectivity index (χ1v) is 6.40. The molecule has 0 aliphatic heterocycles. The highest BCUT2D eigenvalue weighted by molar-refractivity contribution is 7.09. The molecule has 17 heavy (non-hydrogen) atoms. The molecule has 1 aromatic heterocycles. The number of nitrogens with zero attached hydrogens (tertiary/aromatic N) is 2. The molecule has 0 atom stereocenters. The largest absolute Gasteiger partial charge is 0.492 e. The Morgan fingerprint density at radius 3 is 2.82 bits per heavy atom. The lowest BCUT2D eigenvalue weighted by Gasteiger charge is -2.05. The van der Waals surface area contributed by atoms with E-state index in [2.05, 4.69) is 14.7 Å². The molecule has 0 saturated carbocycles. The Bertz CT molecular complexity index is 444. The molecule has 5 heteroatoms. The Labute approximate surface area is 105 Å². The van der Waals surface area contributed by atoms with Crippen molar-refractivity contribution >= 4 is 16.7 Å². The highest BCUT2D eigenvalue weighted by atomic mass is 32.1. The highest BCUT2D eigenvalue weighted by Gasteiger charge is 2.00. The summed E-state index contributed by atoms with van der Waals surface area (Å²) in [6.45, 7) is 3.39. The lowest BCUT2D eigenvalue weighted by Crippen LogP contribution is -2.11. The van der Waals surface area contributed by atoms with E-state index in [1.807, 2.05) is 37.3 Å². The molecule has 0 bridgehead atoms. The van der Waals surface area contributed by atoms with Crippen molar-refractivity contribution < 1.29 is 4.74 Å². The third-order valence-corrected chi connectivity index (χ3v) is 2.89. The Balaban J connectivity index is 1.69. The Morgan fingerprint density at radius 2 is 2.12 bits per heavy atom. The fourth-order valence-electron chi connectivity index (χ4n) is 1.31. The molecule has 0 radical (unpaired) electrons. The minimum atomic E-state index is 0.616. The number of nitrogens with one attached hydrogen (secondary N) is 1. The van der Waals surface area contributed by atoms with Crippen molar-refractivity contribution in [1.82, 2.24) is 9.36 Å². The summed E-state index contributed by atoms with van der Waals surface area (Å²) in [5.74, 6) is 1.78. The van der Waals surface area contributed by atoms with E-state index in [-0.39, 0.29) is 0 Å². The Kier molecular flexibility index (Phi) is 4.32. The maximum Gasteiger partial charge on any atom is 0.202 e. The molecular weight excluding hydrogens is 234 g/mol. The fraction of sp³-hybridized carbons (Fsp3) is 0.333. The van der Waals surface area contributed by atoms with Gasteiger partial charge in [-0.05, 0) is 12.1 Å². The first-order valence-electron chi connectivity index (χ1n) is 5.63. The van der Waals surface area contributed by atoms with Gasteiger partial charge in [0.25, 0.3) is 0 Å². The van der Waals surface area contributed by atoms with E-state index >= 15 is 0 Å². The zero-order valence-corrected chi connectivity index (χ0v) is 10.5. The van der Waals surface area contributed by atoms with Gasteiger partial charge < -0.3 is 10.1 Å². The Morgan fingerprint density at radius 1 is 1.29 bits per heavy atom. The van der Waals surface area contributed by atoms with Crippen LogP contribution in [-0.2, 0) is 6.42 Å². The molecule has 0 saturated heterocycles. The maximum atomic E-state index is 5.55. The average molecular weight is 249 g/mol. The van der Waals surface area contributed by atoms with Crippen LogP contribution >= 0.6 is 11.5 Å². The molecular formula is C12H15N3OS. The quantitative estimate of drug-likeness (QED) is 0.799. The Hall–Kier alpha value is -1.62. The van der Waals surface area contributed by atoms with Crippen molar-refractivity contribution in [3.8, 4) is 5.75 Å². The van der Waals surface area contributed by atoms with Crippen LogP contribution < -0.4 is 10.1 Å². The number of rotatable bonds is 6. The standard InChI is InChI=1S/C12H15N3OS/c1-2-11-14-12(17-15-11)13-8-9-16-10-6-4-3-5-7-10/h3-7H,2,8-9H2,1H3,(H,13,14,15). The van der Waals surface area contributed by atoms with Crippen molar-refractivity contribution in [2.45, 2.75) is 13.3 Å². The summed E-state index contributed by atoms with van der Waals surface area (Å²) in [4.78, 5) is 4.31. The second kappa shape index (κ2) is 6.20. The molecule has 0 spiro atoms. The number of ether oxygens (including phenoxy) is 1. The van der Waals surface area contributed by atoms with E-state index in [0.717, 1.165) is 29.7 Å². The van der Waals surface area contributed by atoms with Crippen LogP contribution in [0.15, 0.2) is 30.3 Å². The number of benzene rings is 1. The van der Waals surface area contributed by atoms with Gasteiger partial charge in [0, 0.05) is 18.0 Å². The van der Waals surface area contributed by atoms with E-state index in [4.69, 9.17) is 4.74 Å². The monoisotopic (exact) mass is 249 g/mol. The second-order valence-corrected chi connectivity index (χ2v) is 4.21. The van der Waals surface area contributed by atoms with Crippen LogP contribution in [0.2, 0.25) is 0 Å². The minimum Gasteiger partial charge on any atom is -0.492 e. The average Bonchev–Trinajstić information content (AvgIpc) is 2.84. The van der Waals surface area contributed by atoms with E-state index in [1.165, 1.54) is 11.5 Å². The summed E-state index contributed by atoms with van der Waals surface area (Å²) >= 11 is 1.39. The summed E-state index contributed by atoms with van der Waals surface area (Å²) in [5.41, 5.74) is 0. The normalized spacial score (nSPS) is 10.2. The van der Waals surface area contributed by atoms with Gasteiger partial charge in [-0.1, -0.05) is 25.1 Å². The molecule has 2 rings (SSSR count). The molecule has 1 aromatic carbocycles. The van der Waals surface area contributed by atoms with Crippen molar-refractivity contribution in [2.24, 2.45) is 0 Å². The number of aryl methyl sites for hydroxylation is 1. The van der Waals surface area contributed by atoms with Crippen LogP contribution in [0.5, 0.6) is 5.75 Å². The van der Waals surface area contributed by atoms with Gasteiger partial charge in [0.05, 0.1) is 6.54 Å². The molecule has 2 aromatic rings. The fourth-order valence-corrected chi connectivity index (χ4v) is 1.99. The molecule has 0 amide bonds.